The van der Waals surface area contributed by atoms with Crippen molar-refractivity contribution < 1.29 is 62.2 Å². The number of hydrogen-bond acceptors (Lipinski definition) is 12. The van der Waals surface area contributed by atoms with Gasteiger partial charge in [0.1, 0.15) is 24.6 Å². The van der Waals surface area contributed by atoms with Gasteiger partial charge in [0.15, 0.2) is 12.2 Å². The number of rotatable bonds is 11. The van der Waals surface area contributed by atoms with E-state index in [9.17, 15) is 24.3 Å². The van der Waals surface area contributed by atoms with E-state index in [0.29, 0.717) is 28.8 Å². The minimum absolute atomic E-state index is 0.174. The highest BCUT2D eigenvalue weighted by atomic mass is 35.5. The molecule has 3 fully saturated rings. The van der Waals surface area contributed by atoms with Gasteiger partial charge in [0, 0.05) is 50.3 Å². The third-order valence-corrected chi connectivity index (χ3v) is 8.56. The van der Waals surface area contributed by atoms with Crippen molar-refractivity contribution in [3.05, 3.63) is 64.2 Å². The Balaban J connectivity index is 1.48. The van der Waals surface area contributed by atoms with Crippen molar-refractivity contribution in [2.45, 2.75) is 63.5 Å². The quantitative estimate of drug-likeness (QED) is 0.274. The Morgan fingerprint density at radius 1 is 0.891 bits per heavy atom. The molecular weight excluding hydrogens is 628 g/mol. The molecule has 0 bridgehead atoms. The summed E-state index contributed by atoms with van der Waals surface area (Å²) in [6.07, 6.45) is -7.22. The van der Waals surface area contributed by atoms with Gasteiger partial charge in [-0.2, -0.15) is 0 Å². The Morgan fingerprint density at radius 3 is 2.13 bits per heavy atom. The molecular formula is C32H35ClO13. The average molecular weight is 663 g/mol. The average Bonchev–Trinajstić information content (AvgIpc) is 3.38. The van der Waals surface area contributed by atoms with Crippen LogP contribution in [0.25, 0.3) is 0 Å². The molecule has 2 heterocycles. The number of benzene rings is 2. The van der Waals surface area contributed by atoms with E-state index in [0.717, 1.165) is 38.4 Å². The number of fused-ring (bicyclic) bond motifs is 1. The molecule has 3 unspecified atom stereocenters. The molecule has 0 aromatic heterocycles. The van der Waals surface area contributed by atoms with Crippen LogP contribution < -0.4 is 4.74 Å². The first-order valence-corrected chi connectivity index (χ1v) is 15.0. The van der Waals surface area contributed by atoms with E-state index in [2.05, 4.69) is 0 Å². The fraction of sp³-hybridized carbons (Fsp3) is 0.500. The Hall–Kier alpha value is -3.91. The number of halogens is 1. The molecule has 46 heavy (non-hydrogen) atoms. The Bertz CT molecular complexity index is 1450. The highest BCUT2D eigenvalue weighted by Gasteiger charge is 2.62. The van der Waals surface area contributed by atoms with Gasteiger partial charge in [-0.25, -0.2) is 4.79 Å². The Kier molecular flexibility index (Phi) is 10.1. The van der Waals surface area contributed by atoms with Gasteiger partial charge in [-0.05, 0) is 41.8 Å². The summed E-state index contributed by atoms with van der Waals surface area (Å²) in [5.74, 6) is -2.72. The highest BCUT2D eigenvalue weighted by molar-refractivity contribution is 6.31. The zero-order valence-electron chi connectivity index (χ0n) is 25.6. The molecule has 13 nitrogen and oxygen atoms in total. The van der Waals surface area contributed by atoms with Gasteiger partial charge in [0.25, 0.3) is 0 Å². The third kappa shape index (κ3) is 7.22. The van der Waals surface area contributed by atoms with E-state index in [-0.39, 0.29) is 11.7 Å². The van der Waals surface area contributed by atoms with Crippen molar-refractivity contribution in [1.82, 2.24) is 0 Å². The number of carbonyl (C=O) groups excluding carboxylic acids is 3. The number of carbonyl (C=O) groups is 4. The molecule has 14 heteroatoms. The molecule has 2 aliphatic heterocycles. The number of methoxy groups -OCH3 is 1. The molecule has 2 aromatic carbocycles. The second-order valence-electron chi connectivity index (χ2n) is 11.4. The SMILES string of the molecule is COC1(c2ccc(Cl)c(Cc3ccc(OC4C5COCC54)cc3)c2)O[C@H](COC(C)=O)[C@@H](OC(C)=O)[C@H](OC(C)=O)[C@H]1OC(=O)O. The van der Waals surface area contributed by atoms with Gasteiger partial charge in [-0.1, -0.05) is 29.8 Å². The molecule has 3 aliphatic rings. The zero-order chi connectivity index (χ0) is 33.2. The van der Waals surface area contributed by atoms with Crippen molar-refractivity contribution in [3.8, 4) is 5.75 Å². The predicted octanol–water partition coefficient (Wildman–Crippen LogP) is 3.64. The van der Waals surface area contributed by atoms with Gasteiger partial charge in [-0.15, -0.1) is 0 Å². The summed E-state index contributed by atoms with van der Waals surface area (Å²) in [4.78, 5) is 48.1. The van der Waals surface area contributed by atoms with E-state index >= 15 is 0 Å². The van der Waals surface area contributed by atoms with Crippen LogP contribution in [0.5, 0.6) is 5.75 Å². The van der Waals surface area contributed by atoms with Gasteiger partial charge >= 0.3 is 24.1 Å². The van der Waals surface area contributed by atoms with Crippen LogP contribution in [0.2, 0.25) is 5.02 Å². The van der Waals surface area contributed by atoms with Crippen LogP contribution in [0.1, 0.15) is 37.5 Å². The van der Waals surface area contributed by atoms with Gasteiger partial charge in [0.05, 0.1) is 13.2 Å². The number of carboxylic acid groups (broad SMARTS) is 1. The standard InChI is InChI=1S/C32H35ClO13/c1-16(34)41-15-26-28(42-17(2)35)29(43-18(3)36)30(45-31(37)38)32(39-4,46-26)21-7-10-25(33)20(12-21)11-19-5-8-22(9-6-19)44-27-23-13-40-14-24(23)27/h5-10,12,23-24,26-30H,11,13-15H2,1-4H3,(H,37,38)/t23?,24?,26-,27?,28-,29+,30-,32?/m1/s1. The molecule has 1 N–H and O–H groups in total. The summed E-state index contributed by atoms with van der Waals surface area (Å²) in [6, 6.07) is 12.4. The van der Waals surface area contributed by atoms with Crippen molar-refractivity contribution in [2.75, 3.05) is 26.9 Å². The molecule has 5 rings (SSSR count). The predicted molar refractivity (Wildman–Crippen MR) is 157 cm³/mol. The van der Waals surface area contributed by atoms with E-state index in [1.807, 2.05) is 24.3 Å². The summed E-state index contributed by atoms with van der Waals surface area (Å²) in [5.41, 5.74) is 1.77. The highest BCUT2D eigenvalue weighted by Crippen LogP contribution is 2.47. The normalized spacial score (nSPS) is 29.6. The molecule has 0 spiro atoms. The van der Waals surface area contributed by atoms with Crippen molar-refractivity contribution in [1.29, 1.82) is 0 Å². The maximum atomic E-state index is 12.3. The smallest absolute Gasteiger partial charge is 0.490 e. The minimum Gasteiger partial charge on any atom is -0.490 e. The van der Waals surface area contributed by atoms with Crippen molar-refractivity contribution >= 4 is 35.7 Å². The van der Waals surface area contributed by atoms with Crippen LogP contribution >= 0.6 is 11.6 Å². The second-order valence-corrected chi connectivity index (χ2v) is 11.8. The van der Waals surface area contributed by atoms with Gasteiger partial charge < -0.3 is 43.0 Å². The zero-order valence-corrected chi connectivity index (χ0v) is 26.4. The first kappa shape index (κ1) is 33.5. The maximum Gasteiger partial charge on any atom is 0.506 e. The fourth-order valence-corrected chi connectivity index (χ4v) is 6.25. The summed E-state index contributed by atoms with van der Waals surface area (Å²) in [6.45, 7) is 4.36. The van der Waals surface area contributed by atoms with E-state index in [4.69, 9.17) is 49.5 Å². The van der Waals surface area contributed by atoms with Crippen LogP contribution in [-0.2, 0) is 59.7 Å². The lowest BCUT2D eigenvalue weighted by atomic mass is 9.86. The fourth-order valence-electron chi connectivity index (χ4n) is 6.06. The molecule has 0 radical (unpaired) electrons. The topological polar surface area (TPSA) is 162 Å². The summed E-state index contributed by atoms with van der Waals surface area (Å²) in [7, 11) is 1.24. The number of hydrogen-bond donors (Lipinski definition) is 1. The van der Waals surface area contributed by atoms with Crippen LogP contribution in [0.3, 0.4) is 0 Å². The van der Waals surface area contributed by atoms with E-state index in [1.54, 1.807) is 18.2 Å². The first-order chi connectivity index (χ1) is 21.9. The summed E-state index contributed by atoms with van der Waals surface area (Å²) in [5, 5.41) is 10.1. The lowest BCUT2D eigenvalue weighted by molar-refractivity contribution is -0.367. The van der Waals surface area contributed by atoms with E-state index < -0.39 is 60.9 Å². The Morgan fingerprint density at radius 2 is 1.54 bits per heavy atom. The molecule has 1 saturated carbocycles. The van der Waals surface area contributed by atoms with Crippen LogP contribution in [0, 0.1) is 11.8 Å². The first-order valence-electron chi connectivity index (χ1n) is 14.6. The third-order valence-electron chi connectivity index (χ3n) is 8.19. The van der Waals surface area contributed by atoms with Crippen LogP contribution in [-0.4, -0.2) is 86.6 Å². The Labute approximate surface area is 269 Å². The molecule has 0 amide bonds. The van der Waals surface area contributed by atoms with E-state index in [1.165, 1.54) is 14.0 Å². The molecule has 248 valence electrons. The summed E-state index contributed by atoms with van der Waals surface area (Å²) < 4.78 is 45.0. The van der Waals surface area contributed by atoms with Gasteiger partial charge in [-0.3, -0.25) is 14.4 Å². The van der Waals surface area contributed by atoms with Crippen molar-refractivity contribution in [2.24, 2.45) is 11.8 Å². The van der Waals surface area contributed by atoms with Crippen molar-refractivity contribution in [3.63, 3.8) is 0 Å². The maximum absolute atomic E-state index is 12.3. The lowest BCUT2D eigenvalue weighted by Crippen LogP contribution is -2.67. The molecule has 1 aliphatic carbocycles. The lowest BCUT2D eigenvalue weighted by Gasteiger charge is -2.50. The molecule has 7 atom stereocenters. The second kappa shape index (κ2) is 13.8. The minimum atomic E-state index is -2.08. The molecule has 2 saturated heterocycles. The number of ether oxygens (including phenoxy) is 8. The number of esters is 3. The largest absolute Gasteiger partial charge is 0.506 e. The monoisotopic (exact) mass is 662 g/mol. The van der Waals surface area contributed by atoms with Gasteiger partial charge in [0.2, 0.25) is 11.9 Å². The summed E-state index contributed by atoms with van der Waals surface area (Å²) >= 11 is 6.62. The van der Waals surface area contributed by atoms with Crippen LogP contribution in [0.15, 0.2) is 42.5 Å². The molecule has 2 aromatic rings. The van der Waals surface area contributed by atoms with Crippen LogP contribution in [0.4, 0.5) is 4.79 Å².